The van der Waals surface area contributed by atoms with Gasteiger partial charge in [0.25, 0.3) is 5.56 Å². The lowest BCUT2D eigenvalue weighted by Crippen LogP contribution is -2.53. The van der Waals surface area contributed by atoms with Crippen LogP contribution in [0.4, 0.5) is 11.5 Å². The van der Waals surface area contributed by atoms with Crippen molar-refractivity contribution in [1.82, 2.24) is 19.4 Å². The Hall–Kier alpha value is -3.42. The molecule has 0 bridgehead atoms. The predicted octanol–water partition coefficient (Wildman–Crippen LogP) is 1.89. The molecule has 0 N–H and O–H groups in total. The number of hydrogen-bond donors (Lipinski definition) is 0. The summed E-state index contributed by atoms with van der Waals surface area (Å²) in [7, 11) is 1.72. The number of para-hydroxylation sites is 1. The van der Waals surface area contributed by atoms with E-state index in [4.69, 9.17) is 0 Å². The number of amides is 1. The van der Waals surface area contributed by atoms with Crippen LogP contribution in [-0.4, -0.2) is 64.6 Å². The first kappa shape index (κ1) is 20.5. The fourth-order valence-corrected chi connectivity index (χ4v) is 4.80. The lowest BCUT2D eigenvalue weighted by atomic mass is 9.96. The number of piperazine rings is 1. The minimum absolute atomic E-state index is 0.108. The smallest absolute Gasteiger partial charge is 0.294 e. The predicted molar refractivity (Wildman–Crippen MR) is 125 cm³/mol. The van der Waals surface area contributed by atoms with Gasteiger partial charge in [-0.2, -0.15) is 0 Å². The van der Waals surface area contributed by atoms with Crippen LogP contribution in [0.2, 0.25) is 0 Å². The van der Waals surface area contributed by atoms with E-state index in [1.807, 2.05) is 40.1 Å². The molecule has 1 atom stereocenters. The fraction of sp³-hybridized carbons (Fsp3) is 0.417. The second kappa shape index (κ2) is 8.61. The van der Waals surface area contributed by atoms with Gasteiger partial charge in [0.15, 0.2) is 11.5 Å². The second-order valence-electron chi connectivity index (χ2n) is 8.58. The molecule has 1 aromatic carbocycles. The van der Waals surface area contributed by atoms with Crippen LogP contribution in [-0.2, 0) is 11.8 Å². The molecule has 3 aromatic rings. The van der Waals surface area contributed by atoms with Crippen molar-refractivity contribution in [2.24, 2.45) is 13.0 Å². The molecule has 0 spiro atoms. The first-order valence-corrected chi connectivity index (χ1v) is 11.3. The molecule has 1 amide bonds. The summed E-state index contributed by atoms with van der Waals surface area (Å²) < 4.78 is 1.55. The molecule has 0 saturated carbocycles. The highest BCUT2D eigenvalue weighted by atomic mass is 16.2. The third-order valence-corrected chi connectivity index (χ3v) is 6.59. The van der Waals surface area contributed by atoms with E-state index in [2.05, 4.69) is 27.0 Å². The normalized spacial score (nSPS) is 19.4. The third kappa shape index (κ3) is 3.81. The van der Waals surface area contributed by atoms with Crippen molar-refractivity contribution in [1.29, 1.82) is 0 Å². The average Bonchev–Trinajstić information content (AvgIpc) is 2.86. The first-order valence-electron chi connectivity index (χ1n) is 11.3. The van der Waals surface area contributed by atoms with Crippen molar-refractivity contribution in [2.75, 3.05) is 49.1 Å². The quantitative estimate of drug-likeness (QED) is 0.629. The van der Waals surface area contributed by atoms with Gasteiger partial charge in [0.1, 0.15) is 5.52 Å². The number of benzene rings is 1. The van der Waals surface area contributed by atoms with Gasteiger partial charge < -0.3 is 14.7 Å². The Kier molecular flexibility index (Phi) is 5.51. The molecule has 32 heavy (non-hydrogen) atoms. The monoisotopic (exact) mass is 432 g/mol. The van der Waals surface area contributed by atoms with Crippen LogP contribution in [0, 0.1) is 5.92 Å². The van der Waals surface area contributed by atoms with Crippen LogP contribution in [0.3, 0.4) is 0 Å². The summed E-state index contributed by atoms with van der Waals surface area (Å²) in [6, 6.07) is 14.0. The van der Waals surface area contributed by atoms with Gasteiger partial charge >= 0.3 is 0 Å². The van der Waals surface area contributed by atoms with Crippen LogP contribution in [0.5, 0.6) is 0 Å². The molecule has 1 unspecified atom stereocenters. The maximum atomic E-state index is 13.3. The van der Waals surface area contributed by atoms with E-state index in [-0.39, 0.29) is 17.4 Å². The number of rotatable bonds is 3. The van der Waals surface area contributed by atoms with Crippen molar-refractivity contribution >= 4 is 28.6 Å². The molecule has 8 nitrogen and oxygen atoms in total. The Labute approximate surface area is 187 Å². The molecule has 0 radical (unpaired) electrons. The highest BCUT2D eigenvalue weighted by molar-refractivity contribution is 5.80. The number of hydrogen-bond acceptors (Lipinski definition) is 6. The summed E-state index contributed by atoms with van der Waals surface area (Å²) in [6.45, 7) is 4.40. The summed E-state index contributed by atoms with van der Waals surface area (Å²) in [5.41, 5.74) is 2.30. The summed E-state index contributed by atoms with van der Waals surface area (Å²) in [6.07, 6.45) is 3.39. The van der Waals surface area contributed by atoms with Crippen LogP contribution >= 0.6 is 0 Å². The molecule has 4 heterocycles. The molecule has 8 heteroatoms. The topological polar surface area (TPSA) is 74.6 Å². The van der Waals surface area contributed by atoms with Crippen molar-refractivity contribution in [3.05, 3.63) is 59.0 Å². The molecule has 2 aliphatic rings. The molecule has 166 valence electrons. The van der Waals surface area contributed by atoms with Crippen LogP contribution in [0.1, 0.15) is 12.8 Å². The summed E-state index contributed by atoms with van der Waals surface area (Å²) >= 11 is 0. The van der Waals surface area contributed by atoms with Crippen LogP contribution in [0.25, 0.3) is 11.2 Å². The largest absolute Gasteiger partial charge is 0.368 e. The van der Waals surface area contributed by atoms with E-state index < -0.39 is 0 Å². The Balaban J connectivity index is 1.28. The number of carbonyl (C=O) groups is 1. The zero-order valence-electron chi connectivity index (χ0n) is 18.4. The van der Waals surface area contributed by atoms with Gasteiger partial charge in [-0.15, -0.1) is 0 Å². The van der Waals surface area contributed by atoms with Gasteiger partial charge in [-0.25, -0.2) is 9.97 Å². The van der Waals surface area contributed by atoms with E-state index in [1.165, 1.54) is 5.69 Å². The minimum atomic E-state index is -0.166. The summed E-state index contributed by atoms with van der Waals surface area (Å²) in [4.78, 5) is 41.4. The van der Waals surface area contributed by atoms with E-state index in [0.717, 1.165) is 45.6 Å². The number of aromatic nitrogens is 3. The number of pyridine rings is 1. The van der Waals surface area contributed by atoms with E-state index in [1.54, 1.807) is 17.8 Å². The summed E-state index contributed by atoms with van der Waals surface area (Å²) in [5, 5.41) is 0. The molecule has 2 aromatic heterocycles. The van der Waals surface area contributed by atoms with Crippen molar-refractivity contribution < 1.29 is 4.79 Å². The Bertz CT molecular complexity index is 1170. The molecule has 2 aliphatic heterocycles. The Morgan fingerprint density at radius 3 is 2.53 bits per heavy atom. The second-order valence-corrected chi connectivity index (χ2v) is 8.58. The molecule has 5 rings (SSSR count). The van der Waals surface area contributed by atoms with Gasteiger partial charge in [-0.3, -0.25) is 14.2 Å². The van der Waals surface area contributed by atoms with Gasteiger partial charge in [0.2, 0.25) is 5.91 Å². The summed E-state index contributed by atoms with van der Waals surface area (Å²) in [5.74, 6) is 0.504. The SMILES string of the molecule is Cn1c(=O)c(N2CCCC(C(=O)N3CCN(c4ccccc4)CC3)C2)nc2cccnc21. The number of aryl methyl sites for hydroxylation is 1. The maximum absolute atomic E-state index is 13.3. The lowest BCUT2D eigenvalue weighted by molar-refractivity contribution is -0.136. The van der Waals surface area contributed by atoms with Gasteiger partial charge in [0.05, 0.1) is 5.92 Å². The minimum Gasteiger partial charge on any atom is -0.368 e. The number of anilines is 2. The lowest BCUT2D eigenvalue weighted by Gasteiger charge is -2.39. The highest BCUT2D eigenvalue weighted by Crippen LogP contribution is 2.24. The number of fused-ring (bicyclic) bond motifs is 1. The Morgan fingerprint density at radius 2 is 1.75 bits per heavy atom. The van der Waals surface area contributed by atoms with Crippen LogP contribution in [0.15, 0.2) is 53.5 Å². The van der Waals surface area contributed by atoms with Gasteiger partial charge in [-0.1, -0.05) is 18.2 Å². The number of nitrogens with zero attached hydrogens (tertiary/aromatic N) is 6. The van der Waals surface area contributed by atoms with E-state index >= 15 is 0 Å². The highest BCUT2D eigenvalue weighted by Gasteiger charge is 2.32. The number of carbonyl (C=O) groups excluding carboxylic acids is 1. The van der Waals surface area contributed by atoms with Crippen molar-refractivity contribution in [3.8, 4) is 0 Å². The zero-order chi connectivity index (χ0) is 22.1. The van der Waals surface area contributed by atoms with Crippen molar-refractivity contribution in [3.63, 3.8) is 0 Å². The van der Waals surface area contributed by atoms with Crippen molar-refractivity contribution in [2.45, 2.75) is 12.8 Å². The van der Waals surface area contributed by atoms with Gasteiger partial charge in [0, 0.05) is 58.2 Å². The zero-order valence-corrected chi connectivity index (χ0v) is 18.4. The standard InChI is InChI=1S/C24H28N6O2/c1-27-21-20(10-5-11-25-21)26-22(24(27)32)30-12-6-7-18(17-30)23(31)29-15-13-28(14-16-29)19-8-3-2-4-9-19/h2-5,8-11,18H,6-7,12-17H2,1H3. The molecule has 0 aliphatic carbocycles. The third-order valence-electron chi connectivity index (χ3n) is 6.59. The average molecular weight is 433 g/mol. The van der Waals surface area contributed by atoms with E-state index in [9.17, 15) is 9.59 Å². The van der Waals surface area contributed by atoms with Crippen LogP contribution < -0.4 is 15.4 Å². The fourth-order valence-electron chi connectivity index (χ4n) is 4.80. The Morgan fingerprint density at radius 1 is 0.969 bits per heavy atom. The maximum Gasteiger partial charge on any atom is 0.294 e. The molecule has 2 saturated heterocycles. The van der Waals surface area contributed by atoms with E-state index in [0.29, 0.717) is 23.5 Å². The molecule has 2 fully saturated rings. The number of piperidine rings is 1. The van der Waals surface area contributed by atoms with Gasteiger partial charge in [-0.05, 0) is 37.1 Å². The first-order chi connectivity index (χ1) is 15.6. The molecular formula is C24H28N6O2. The molecular weight excluding hydrogens is 404 g/mol.